The Morgan fingerprint density at radius 3 is 2.29 bits per heavy atom. The highest BCUT2D eigenvalue weighted by Crippen LogP contribution is 2.57. The molecule has 4 rings (SSSR count). The predicted octanol–water partition coefficient (Wildman–Crippen LogP) is -1.53. The van der Waals surface area contributed by atoms with E-state index in [1.807, 2.05) is 6.92 Å². The average Bonchev–Trinajstić information content (AvgIpc) is 2.91. The highest BCUT2D eigenvalue weighted by Gasteiger charge is 2.78. The van der Waals surface area contributed by atoms with Gasteiger partial charge >= 0.3 is 6.03 Å². The van der Waals surface area contributed by atoms with E-state index < -0.39 is 81.6 Å². The van der Waals surface area contributed by atoms with Gasteiger partial charge in [0.25, 0.3) is 0 Å². The third-order valence-electron chi connectivity index (χ3n) is 9.38. The van der Waals surface area contributed by atoms with Gasteiger partial charge in [-0.2, -0.15) is 5.26 Å². The van der Waals surface area contributed by atoms with Crippen molar-refractivity contribution in [3.63, 3.8) is 0 Å². The van der Waals surface area contributed by atoms with E-state index in [1.165, 1.54) is 19.0 Å². The summed E-state index contributed by atoms with van der Waals surface area (Å²) in [5, 5.41) is 27.3. The largest absolute Gasteiger partial charge is 0.507 e. The zero-order valence-electron chi connectivity index (χ0n) is 26.0. The number of benzene rings is 1. The summed E-state index contributed by atoms with van der Waals surface area (Å²) in [4.78, 5) is 83.9. The van der Waals surface area contributed by atoms with Crippen LogP contribution in [0.2, 0.25) is 0 Å². The van der Waals surface area contributed by atoms with Gasteiger partial charge in [-0.15, -0.1) is 0 Å². The number of Topliss-reactive ketones (excluding diaryl/α,β-unsaturated/α-hetero) is 4. The summed E-state index contributed by atoms with van der Waals surface area (Å²) in [5.41, 5.74) is 13.0. The van der Waals surface area contributed by atoms with Gasteiger partial charge in [0, 0.05) is 44.0 Å². The maximum Gasteiger partial charge on any atom is 0.315 e. The Hall–Kier alpha value is -4.39. The van der Waals surface area contributed by atoms with Crippen molar-refractivity contribution in [2.75, 3.05) is 39.6 Å². The molecule has 3 aliphatic carbocycles. The molecule has 0 aromatic heterocycles. The number of anilines is 1. The normalized spacial score (nSPS) is 30.6. The summed E-state index contributed by atoms with van der Waals surface area (Å²) >= 11 is 0. The van der Waals surface area contributed by atoms with Crippen molar-refractivity contribution in [3.8, 4) is 11.8 Å². The molecular weight excluding hydrogens is 584 g/mol. The van der Waals surface area contributed by atoms with E-state index in [0.29, 0.717) is 17.8 Å². The summed E-state index contributed by atoms with van der Waals surface area (Å²) in [6.07, 6.45) is 0.949. The Morgan fingerprint density at radius 2 is 1.76 bits per heavy atom. The topological polar surface area (TPSA) is 255 Å². The summed E-state index contributed by atoms with van der Waals surface area (Å²) < 4.78 is 0. The van der Waals surface area contributed by atoms with E-state index in [9.17, 15) is 39.1 Å². The number of hydrogen-bond acceptors (Lipinski definition) is 12. The lowest BCUT2D eigenvalue weighted by atomic mass is 9.42. The van der Waals surface area contributed by atoms with E-state index in [0.717, 1.165) is 12.8 Å². The second kappa shape index (κ2) is 11.5. The molecule has 1 aromatic carbocycles. The molecule has 0 heterocycles. The first-order valence-electron chi connectivity index (χ1n) is 14.6. The third-order valence-corrected chi connectivity index (χ3v) is 9.38. The fourth-order valence-electron chi connectivity index (χ4n) is 7.46. The maximum atomic E-state index is 14.5. The van der Waals surface area contributed by atoms with E-state index in [-0.39, 0.29) is 24.1 Å². The van der Waals surface area contributed by atoms with Crippen molar-refractivity contribution in [2.45, 2.75) is 56.3 Å². The van der Waals surface area contributed by atoms with Gasteiger partial charge in [0.2, 0.25) is 5.91 Å². The van der Waals surface area contributed by atoms with Crippen LogP contribution in [-0.2, 0) is 32.1 Å². The zero-order chi connectivity index (χ0) is 33.8. The molecule has 0 bridgehead atoms. The Bertz CT molecular complexity index is 1550. The number of ketones is 4. The summed E-state index contributed by atoms with van der Waals surface area (Å²) in [6.45, 7) is 2.25. The number of carbonyl (C=O) groups is 6. The van der Waals surface area contributed by atoms with Gasteiger partial charge in [0.05, 0.1) is 23.2 Å². The minimum atomic E-state index is -2.83. The number of rotatable bonds is 8. The van der Waals surface area contributed by atoms with Crippen LogP contribution in [0.3, 0.4) is 0 Å². The van der Waals surface area contributed by atoms with Crippen molar-refractivity contribution in [3.05, 3.63) is 22.8 Å². The van der Waals surface area contributed by atoms with Crippen molar-refractivity contribution in [1.82, 2.24) is 15.5 Å². The quantitative estimate of drug-likeness (QED) is 0.142. The molecule has 0 aliphatic heterocycles. The highest BCUT2D eigenvalue weighted by molar-refractivity contribution is 6.33. The SMILES string of the molecule is CCCCNC(=O)NCc1cc(N(C)C)c2c(c1O)C(=O)C1C(=O)[C@]3(C#N)C(=O)C(C(N)=O)C(=O)[C@@H](N(C)C)[C@]3(N)C[C@]1(N)C2. The Balaban J connectivity index is 1.90. The second-order valence-corrected chi connectivity index (χ2v) is 12.7. The van der Waals surface area contributed by atoms with Crippen LogP contribution in [0, 0.1) is 28.6 Å². The minimum Gasteiger partial charge on any atom is -0.507 e. The number of aromatic hydroxyl groups is 1. The number of phenols is 1. The lowest BCUT2D eigenvalue weighted by Gasteiger charge is -2.60. The number of fused-ring (bicyclic) bond motifs is 3. The van der Waals surface area contributed by atoms with Gasteiger partial charge in [-0.25, -0.2) is 4.79 Å². The fraction of sp³-hybridized carbons (Fsp3) is 0.567. The first kappa shape index (κ1) is 33.5. The first-order valence-corrected chi connectivity index (χ1v) is 14.6. The van der Waals surface area contributed by atoms with Gasteiger partial charge in [0.1, 0.15) is 11.7 Å². The number of hydrogen-bond donors (Lipinski definition) is 6. The van der Waals surface area contributed by atoms with Crippen LogP contribution in [0.1, 0.15) is 47.7 Å². The van der Waals surface area contributed by atoms with E-state index in [4.69, 9.17) is 17.2 Å². The number of nitrogens with two attached hydrogens (primary N) is 3. The molecule has 3 aliphatic rings. The van der Waals surface area contributed by atoms with Gasteiger partial charge < -0.3 is 37.8 Å². The highest BCUT2D eigenvalue weighted by atomic mass is 16.3. The van der Waals surface area contributed by atoms with E-state index >= 15 is 0 Å². The van der Waals surface area contributed by atoms with Crippen LogP contribution in [0.4, 0.5) is 10.5 Å². The predicted molar refractivity (Wildman–Crippen MR) is 161 cm³/mol. The number of amides is 3. The summed E-state index contributed by atoms with van der Waals surface area (Å²) in [7, 11) is 6.28. The molecule has 2 fully saturated rings. The molecule has 0 saturated heterocycles. The summed E-state index contributed by atoms with van der Waals surface area (Å²) in [6, 6.07) is 1.31. The molecule has 6 atom stereocenters. The van der Waals surface area contributed by atoms with Crippen LogP contribution in [-0.4, -0.2) is 96.9 Å². The first-order chi connectivity index (χ1) is 20.9. The number of nitriles is 1. The molecule has 9 N–H and O–H groups in total. The molecule has 15 heteroatoms. The lowest BCUT2D eigenvalue weighted by Crippen LogP contribution is -2.85. The number of urea groups is 1. The van der Waals surface area contributed by atoms with Crippen LogP contribution in [0.25, 0.3) is 0 Å². The standard InChI is InChI=1S/C30H40N8O7/c1-6-7-8-35-27(45)36-11-14-9-16(37(2)3)15-10-28(33)12-30(34)23(38(4)5)22(41)18(26(32)44)24(42)29(30,13-31)25(43)19(28)21(40)17(15)20(14)39/h9,18-19,23,39H,6-8,10-12,33-34H2,1-5H3,(H2,32,44)(H2,35,36,45)/t18?,19?,23-,28-,29+,30-/m1/s1. The summed E-state index contributed by atoms with van der Waals surface area (Å²) in [5.74, 6) is -10.4. The van der Waals surface area contributed by atoms with Crippen LogP contribution in [0.15, 0.2) is 6.07 Å². The smallest absolute Gasteiger partial charge is 0.315 e. The van der Waals surface area contributed by atoms with Crippen molar-refractivity contribution in [1.29, 1.82) is 5.26 Å². The fourth-order valence-corrected chi connectivity index (χ4v) is 7.46. The van der Waals surface area contributed by atoms with Gasteiger partial charge in [-0.3, -0.25) is 28.9 Å². The van der Waals surface area contributed by atoms with Crippen LogP contribution in [0.5, 0.6) is 5.75 Å². The number of carbonyl (C=O) groups excluding carboxylic acids is 6. The Morgan fingerprint density at radius 1 is 1.11 bits per heavy atom. The van der Waals surface area contributed by atoms with Gasteiger partial charge in [-0.05, 0) is 45.0 Å². The average molecular weight is 625 g/mol. The minimum absolute atomic E-state index is 0.170. The maximum absolute atomic E-state index is 14.5. The molecule has 15 nitrogen and oxygen atoms in total. The Labute approximate surface area is 260 Å². The monoisotopic (exact) mass is 624 g/mol. The molecule has 242 valence electrons. The molecule has 2 unspecified atom stereocenters. The van der Waals surface area contributed by atoms with Crippen molar-refractivity contribution < 1.29 is 33.9 Å². The molecule has 45 heavy (non-hydrogen) atoms. The number of likely N-dealkylation sites (N-methyl/N-ethyl adjacent to an activating group) is 1. The van der Waals surface area contributed by atoms with E-state index in [1.54, 1.807) is 31.1 Å². The number of nitrogens with zero attached hydrogens (tertiary/aromatic N) is 3. The van der Waals surface area contributed by atoms with Crippen LogP contribution >= 0.6 is 0 Å². The number of phenolic OH excluding ortho intramolecular Hbond substituents is 1. The molecule has 3 amide bonds. The van der Waals surface area contributed by atoms with Crippen molar-refractivity contribution in [2.24, 2.45) is 34.5 Å². The third kappa shape index (κ3) is 4.75. The van der Waals surface area contributed by atoms with Crippen LogP contribution < -0.4 is 32.7 Å². The Kier molecular flexibility index (Phi) is 8.57. The number of nitrogens with one attached hydrogen (secondary N) is 2. The molecule has 0 radical (unpaired) electrons. The molecule has 0 spiro atoms. The van der Waals surface area contributed by atoms with Crippen molar-refractivity contribution >= 4 is 40.8 Å². The zero-order valence-corrected chi connectivity index (χ0v) is 26.0. The number of primary amides is 1. The molecule has 1 aromatic rings. The van der Waals surface area contributed by atoms with Gasteiger partial charge in [-0.1, -0.05) is 13.3 Å². The lowest BCUT2D eigenvalue weighted by molar-refractivity contribution is -0.166. The second-order valence-electron chi connectivity index (χ2n) is 12.7. The number of unbranched alkanes of at least 4 members (excludes halogenated alkanes) is 1. The molecule has 2 saturated carbocycles. The molecular formula is C30H40N8O7. The van der Waals surface area contributed by atoms with E-state index in [2.05, 4.69) is 10.6 Å². The van der Waals surface area contributed by atoms with Gasteiger partial charge in [0.15, 0.2) is 34.5 Å².